The van der Waals surface area contributed by atoms with Crippen LogP contribution in [0.5, 0.6) is 0 Å². The van der Waals surface area contributed by atoms with Gasteiger partial charge in [0, 0.05) is 43.1 Å². The van der Waals surface area contributed by atoms with Crippen LogP contribution in [0.2, 0.25) is 5.02 Å². The fourth-order valence-corrected chi connectivity index (χ4v) is 4.02. The molecule has 2 aromatic rings. The number of nitrogens with zero attached hydrogens (tertiary/aromatic N) is 2. The summed E-state index contributed by atoms with van der Waals surface area (Å²) >= 11 is 5.95. The summed E-state index contributed by atoms with van der Waals surface area (Å²) in [5, 5.41) is 3.79. The van der Waals surface area contributed by atoms with Gasteiger partial charge in [0.15, 0.2) is 0 Å². The summed E-state index contributed by atoms with van der Waals surface area (Å²) < 4.78 is 0. The van der Waals surface area contributed by atoms with Gasteiger partial charge in [0.2, 0.25) is 0 Å². The summed E-state index contributed by atoms with van der Waals surface area (Å²) in [4.78, 5) is 19.8. The van der Waals surface area contributed by atoms with Crippen LogP contribution in [-0.4, -0.2) is 35.3 Å². The zero-order chi connectivity index (χ0) is 19.0. The van der Waals surface area contributed by atoms with E-state index in [-0.39, 0.29) is 5.91 Å². The fraction of sp³-hybridized carbons (Fsp3) is 0.364. The monoisotopic (exact) mass is 381 g/mol. The molecule has 0 bridgehead atoms. The van der Waals surface area contributed by atoms with Crippen molar-refractivity contribution in [2.45, 2.75) is 38.9 Å². The number of amides is 1. The van der Waals surface area contributed by atoms with E-state index in [0.717, 1.165) is 38.0 Å². The molecule has 4 nitrogen and oxygen atoms in total. The van der Waals surface area contributed by atoms with Crippen LogP contribution in [0.15, 0.2) is 47.5 Å². The van der Waals surface area contributed by atoms with Gasteiger partial charge in [-0.1, -0.05) is 47.5 Å². The number of carbonyl (C=O) groups is 1. The Hall–Kier alpha value is -2.17. The Kier molecular flexibility index (Phi) is 4.79. The fourth-order valence-electron chi connectivity index (χ4n) is 3.90. The van der Waals surface area contributed by atoms with Gasteiger partial charge >= 0.3 is 0 Å². The van der Waals surface area contributed by atoms with E-state index in [4.69, 9.17) is 16.6 Å². The number of aliphatic imine (C=N–C) groups is 1. The SMILES string of the molecule is Cc1ccc(C)c(CN2CCC3(CC2)N=C(c2ccc(Cl)cc2)C(=O)N3)c1. The normalized spacial score (nSPS) is 19.2. The Morgan fingerprint density at radius 2 is 1.81 bits per heavy atom. The molecule has 2 aromatic carbocycles. The number of carbonyl (C=O) groups excluding carboxylic acids is 1. The van der Waals surface area contributed by atoms with Crippen molar-refractivity contribution in [3.8, 4) is 0 Å². The Morgan fingerprint density at radius 1 is 1.11 bits per heavy atom. The number of halogens is 1. The van der Waals surface area contributed by atoms with E-state index in [1.165, 1.54) is 16.7 Å². The second kappa shape index (κ2) is 7.10. The van der Waals surface area contributed by atoms with Crippen molar-refractivity contribution in [2.75, 3.05) is 13.1 Å². The van der Waals surface area contributed by atoms with Crippen molar-refractivity contribution < 1.29 is 4.79 Å². The molecule has 27 heavy (non-hydrogen) atoms. The minimum Gasteiger partial charge on any atom is -0.326 e. The molecule has 5 heteroatoms. The highest BCUT2D eigenvalue weighted by Crippen LogP contribution is 2.30. The van der Waals surface area contributed by atoms with Crippen LogP contribution < -0.4 is 5.32 Å². The summed E-state index contributed by atoms with van der Waals surface area (Å²) in [5.74, 6) is -0.0831. The van der Waals surface area contributed by atoms with Crippen LogP contribution in [0.25, 0.3) is 0 Å². The molecule has 0 aromatic heterocycles. The summed E-state index contributed by atoms with van der Waals surface area (Å²) in [5.41, 5.74) is 4.90. The van der Waals surface area contributed by atoms with Crippen molar-refractivity contribution in [3.63, 3.8) is 0 Å². The molecular formula is C22H24ClN3O. The van der Waals surface area contributed by atoms with Crippen molar-refractivity contribution in [3.05, 3.63) is 69.7 Å². The molecule has 0 atom stereocenters. The van der Waals surface area contributed by atoms with Gasteiger partial charge in [0.05, 0.1) is 0 Å². The molecule has 0 saturated carbocycles. The molecule has 4 rings (SSSR count). The number of hydrogen-bond acceptors (Lipinski definition) is 3. The van der Waals surface area contributed by atoms with Gasteiger partial charge in [-0.3, -0.25) is 14.7 Å². The Balaban J connectivity index is 1.46. The topological polar surface area (TPSA) is 44.7 Å². The summed E-state index contributed by atoms with van der Waals surface area (Å²) in [6, 6.07) is 13.9. The van der Waals surface area contributed by atoms with E-state index >= 15 is 0 Å². The lowest BCUT2D eigenvalue weighted by molar-refractivity contribution is -0.115. The molecule has 1 fully saturated rings. The second-order valence-corrected chi connectivity index (χ2v) is 8.10. The highest BCUT2D eigenvalue weighted by atomic mass is 35.5. The average Bonchev–Trinajstić information content (AvgIpc) is 2.97. The van der Waals surface area contributed by atoms with Crippen molar-refractivity contribution in [2.24, 2.45) is 4.99 Å². The van der Waals surface area contributed by atoms with Gasteiger partial charge in [-0.2, -0.15) is 0 Å². The average molecular weight is 382 g/mol. The molecule has 2 aliphatic heterocycles. The predicted octanol–water partition coefficient (Wildman–Crippen LogP) is 3.87. The zero-order valence-corrected chi connectivity index (χ0v) is 16.5. The molecule has 1 amide bonds. The zero-order valence-electron chi connectivity index (χ0n) is 15.8. The quantitative estimate of drug-likeness (QED) is 0.877. The van der Waals surface area contributed by atoms with Crippen LogP contribution in [0, 0.1) is 13.8 Å². The summed E-state index contributed by atoms with van der Waals surface area (Å²) in [6.07, 6.45) is 1.67. The lowest BCUT2D eigenvalue weighted by Crippen LogP contribution is -2.50. The van der Waals surface area contributed by atoms with Crippen LogP contribution in [0.1, 0.15) is 35.1 Å². The number of hydrogen-bond donors (Lipinski definition) is 1. The Morgan fingerprint density at radius 3 is 2.52 bits per heavy atom. The maximum Gasteiger partial charge on any atom is 0.272 e. The number of nitrogens with one attached hydrogen (secondary N) is 1. The van der Waals surface area contributed by atoms with Crippen LogP contribution in [0.3, 0.4) is 0 Å². The van der Waals surface area contributed by atoms with Crippen molar-refractivity contribution in [1.29, 1.82) is 0 Å². The van der Waals surface area contributed by atoms with Crippen LogP contribution in [0.4, 0.5) is 0 Å². The number of piperidine rings is 1. The van der Waals surface area contributed by atoms with E-state index in [9.17, 15) is 4.79 Å². The van der Waals surface area contributed by atoms with Gasteiger partial charge in [-0.05, 0) is 37.1 Å². The smallest absolute Gasteiger partial charge is 0.272 e. The first kappa shape index (κ1) is 18.2. The number of likely N-dealkylation sites (tertiary alicyclic amines) is 1. The maximum atomic E-state index is 12.5. The van der Waals surface area contributed by atoms with Crippen molar-refractivity contribution >= 4 is 23.2 Å². The predicted molar refractivity (Wildman–Crippen MR) is 109 cm³/mol. The molecule has 1 N–H and O–H groups in total. The standard InChI is InChI=1S/C22H24ClN3O/c1-15-3-4-16(2)18(13-15)14-26-11-9-22(10-12-26)24-20(21(27)25-22)17-5-7-19(23)8-6-17/h3-8,13H,9-12,14H2,1-2H3,(H,25,27). The first-order valence-electron chi connectivity index (χ1n) is 9.41. The Bertz CT molecular complexity index is 896. The molecule has 0 aliphatic carbocycles. The Labute approximate surface area is 165 Å². The minimum atomic E-state index is -0.454. The van der Waals surface area contributed by atoms with Crippen LogP contribution >= 0.6 is 11.6 Å². The number of rotatable bonds is 3. The molecule has 140 valence electrons. The molecule has 0 unspecified atom stereocenters. The molecule has 2 aliphatic rings. The van der Waals surface area contributed by atoms with Gasteiger partial charge in [0.25, 0.3) is 5.91 Å². The second-order valence-electron chi connectivity index (χ2n) is 7.66. The van der Waals surface area contributed by atoms with Crippen molar-refractivity contribution in [1.82, 2.24) is 10.2 Å². The lowest BCUT2D eigenvalue weighted by atomic mass is 9.97. The van der Waals surface area contributed by atoms with Gasteiger partial charge in [-0.15, -0.1) is 0 Å². The van der Waals surface area contributed by atoms with Crippen LogP contribution in [-0.2, 0) is 11.3 Å². The highest BCUT2D eigenvalue weighted by molar-refractivity contribution is 6.47. The molecule has 2 heterocycles. The first-order valence-corrected chi connectivity index (χ1v) is 9.79. The number of aryl methyl sites for hydroxylation is 2. The van der Waals surface area contributed by atoms with E-state index in [2.05, 4.69) is 42.3 Å². The third kappa shape index (κ3) is 3.78. The van der Waals surface area contributed by atoms with E-state index in [1.54, 1.807) is 12.1 Å². The molecule has 1 spiro atoms. The lowest BCUT2D eigenvalue weighted by Gasteiger charge is -2.37. The summed E-state index contributed by atoms with van der Waals surface area (Å²) in [6.45, 7) is 7.09. The molecule has 1 saturated heterocycles. The largest absolute Gasteiger partial charge is 0.326 e. The van der Waals surface area contributed by atoms with E-state index < -0.39 is 5.66 Å². The van der Waals surface area contributed by atoms with Gasteiger partial charge in [0.1, 0.15) is 11.4 Å². The van der Waals surface area contributed by atoms with Gasteiger partial charge < -0.3 is 5.32 Å². The van der Waals surface area contributed by atoms with Gasteiger partial charge in [-0.25, -0.2) is 0 Å². The van der Waals surface area contributed by atoms with E-state index in [0.29, 0.717) is 10.7 Å². The first-order chi connectivity index (χ1) is 12.9. The summed E-state index contributed by atoms with van der Waals surface area (Å²) in [7, 11) is 0. The van der Waals surface area contributed by atoms with E-state index in [1.807, 2.05) is 12.1 Å². The third-order valence-electron chi connectivity index (χ3n) is 5.59. The molecule has 0 radical (unpaired) electrons. The highest BCUT2D eigenvalue weighted by Gasteiger charge is 2.42. The minimum absolute atomic E-state index is 0.0831. The molecular weight excluding hydrogens is 358 g/mol. The maximum absolute atomic E-state index is 12.5. The third-order valence-corrected chi connectivity index (χ3v) is 5.84. The number of benzene rings is 2.